The van der Waals surface area contributed by atoms with Gasteiger partial charge in [-0.1, -0.05) is 71.9 Å². The minimum absolute atomic E-state index is 0.112. The molecule has 0 aliphatic rings. The Kier molecular flexibility index (Phi) is 6.64. The summed E-state index contributed by atoms with van der Waals surface area (Å²) in [6.07, 6.45) is 1.28. The number of hydrogen-bond donors (Lipinski definition) is 1. The molecule has 156 valence electrons. The number of nitrogens with zero attached hydrogens (tertiary/aromatic N) is 3. The van der Waals surface area contributed by atoms with Crippen LogP contribution in [0.15, 0.2) is 83.1 Å². The number of para-hydroxylation sites is 2. The first kappa shape index (κ1) is 21.1. The third kappa shape index (κ3) is 5.13. The molecule has 31 heavy (non-hydrogen) atoms. The molecule has 4 rings (SSSR count). The smallest absolute Gasteiger partial charge is 0.250 e. The molecular weight excluding hydrogens is 435 g/mol. The van der Waals surface area contributed by atoms with E-state index in [1.807, 2.05) is 53.1 Å². The monoisotopic (exact) mass is 452 g/mol. The SMILES string of the molecule is O=C(CSc1nc2ccccc2n1Cc1ccccc1Cl)NN=Cc1ccccc1F. The molecule has 0 radical (unpaired) electrons. The average molecular weight is 453 g/mol. The molecule has 4 aromatic rings. The number of aromatic nitrogens is 2. The number of benzene rings is 3. The topological polar surface area (TPSA) is 59.3 Å². The zero-order valence-corrected chi connectivity index (χ0v) is 17.9. The summed E-state index contributed by atoms with van der Waals surface area (Å²) in [7, 11) is 0. The van der Waals surface area contributed by atoms with Crippen LogP contribution in [0.1, 0.15) is 11.1 Å². The van der Waals surface area contributed by atoms with Crippen molar-refractivity contribution in [2.24, 2.45) is 5.10 Å². The number of rotatable bonds is 7. The second-order valence-electron chi connectivity index (χ2n) is 6.66. The minimum atomic E-state index is -0.400. The van der Waals surface area contributed by atoms with Gasteiger partial charge in [0.05, 0.1) is 29.5 Å². The predicted molar refractivity (Wildman–Crippen MR) is 123 cm³/mol. The highest BCUT2D eigenvalue weighted by molar-refractivity contribution is 7.99. The van der Waals surface area contributed by atoms with E-state index >= 15 is 0 Å². The molecule has 0 aliphatic carbocycles. The van der Waals surface area contributed by atoms with Crippen LogP contribution < -0.4 is 5.43 Å². The molecule has 3 aromatic carbocycles. The van der Waals surface area contributed by atoms with E-state index in [0.717, 1.165) is 16.6 Å². The van der Waals surface area contributed by atoms with Crippen LogP contribution in [0.5, 0.6) is 0 Å². The summed E-state index contributed by atoms with van der Waals surface area (Å²) >= 11 is 7.65. The number of fused-ring (bicyclic) bond motifs is 1. The number of halogens is 2. The van der Waals surface area contributed by atoms with Gasteiger partial charge in [-0.3, -0.25) is 4.79 Å². The first-order valence-electron chi connectivity index (χ1n) is 9.50. The van der Waals surface area contributed by atoms with Crippen LogP contribution in [-0.2, 0) is 11.3 Å². The number of carbonyl (C=O) groups is 1. The van der Waals surface area contributed by atoms with Gasteiger partial charge in [0.15, 0.2) is 5.16 Å². The molecule has 0 atom stereocenters. The fraction of sp³-hybridized carbons (Fsp3) is 0.0870. The molecule has 8 heteroatoms. The van der Waals surface area contributed by atoms with Gasteiger partial charge < -0.3 is 4.57 Å². The molecule has 5 nitrogen and oxygen atoms in total. The summed E-state index contributed by atoms with van der Waals surface area (Å²) in [4.78, 5) is 16.9. The second-order valence-corrected chi connectivity index (χ2v) is 8.01. The number of nitrogens with one attached hydrogen (secondary N) is 1. The molecular formula is C23H18ClFN4OS. The highest BCUT2D eigenvalue weighted by Gasteiger charge is 2.14. The van der Waals surface area contributed by atoms with Crippen LogP contribution in [0, 0.1) is 5.82 Å². The largest absolute Gasteiger partial charge is 0.314 e. The lowest BCUT2D eigenvalue weighted by Gasteiger charge is -2.10. The Morgan fingerprint density at radius 3 is 2.68 bits per heavy atom. The molecule has 1 aromatic heterocycles. The zero-order valence-electron chi connectivity index (χ0n) is 16.3. The van der Waals surface area contributed by atoms with Gasteiger partial charge >= 0.3 is 0 Å². The summed E-state index contributed by atoms with van der Waals surface area (Å²) in [6.45, 7) is 0.537. The van der Waals surface area contributed by atoms with Crippen LogP contribution >= 0.6 is 23.4 Å². The Hall–Kier alpha value is -3.16. The van der Waals surface area contributed by atoms with E-state index in [4.69, 9.17) is 11.6 Å². The van der Waals surface area contributed by atoms with Gasteiger partial charge in [0.1, 0.15) is 5.82 Å². The summed E-state index contributed by atoms with van der Waals surface area (Å²) in [5.74, 6) is -0.599. The van der Waals surface area contributed by atoms with Crippen molar-refractivity contribution in [3.8, 4) is 0 Å². The van der Waals surface area contributed by atoms with Crippen LogP contribution in [0.3, 0.4) is 0 Å². The number of thioether (sulfide) groups is 1. The highest BCUT2D eigenvalue weighted by Crippen LogP contribution is 2.27. The summed E-state index contributed by atoms with van der Waals surface area (Å²) in [6, 6.07) is 21.7. The average Bonchev–Trinajstić information content (AvgIpc) is 3.13. The maximum atomic E-state index is 13.6. The maximum Gasteiger partial charge on any atom is 0.250 e. The molecule has 1 N–H and O–H groups in total. The minimum Gasteiger partial charge on any atom is -0.314 e. The van der Waals surface area contributed by atoms with Crippen LogP contribution in [0.25, 0.3) is 11.0 Å². The Morgan fingerprint density at radius 2 is 1.84 bits per heavy atom. The van der Waals surface area contributed by atoms with Crippen molar-refractivity contribution in [3.63, 3.8) is 0 Å². The Bertz CT molecular complexity index is 1260. The number of carbonyl (C=O) groups excluding carboxylic acids is 1. The summed E-state index contributed by atoms with van der Waals surface area (Å²) in [5, 5.41) is 5.22. The number of amides is 1. The molecule has 0 unspecified atom stereocenters. The lowest BCUT2D eigenvalue weighted by atomic mass is 10.2. The van der Waals surface area contributed by atoms with E-state index in [-0.39, 0.29) is 11.7 Å². The first-order valence-corrected chi connectivity index (χ1v) is 10.9. The van der Waals surface area contributed by atoms with Crippen molar-refractivity contribution in [3.05, 3.63) is 94.8 Å². The number of imidazole rings is 1. The van der Waals surface area contributed by atoms with Crippen molar-refractivity contribution < 1.29 is 9.18 Å². The van der Waals surface area contributed by atoms with Gasteiger partial charge in [0, 0.05) is 10.6 Å². The van der Waals surface area contributed by atoms with Gasteiger partial charge in [-0.2, -0.15) is 5.10 Å². The van der Waals surface area contributed by atoms with E-state index in [2.05, 4.69) is 15.5 Å². The van der Waals surface area contributed by atoms with Gasteiger partial charge in [0.25, 0.3) is 5.91 Å². The van der Waals surface area contributed by atoms with Gasteiger partial charge in [-0.05, 0) is 29.8 Å². The highest BCUT2D eigenvalue weighted by atomic mass is 35.5. The molecule has 0 saturated heterocycles. The molecule has 0 fully saturated rings. The van der Waals surface area contributed by atoms with E-state index in [9.17, 15) is 9.18 Å². The standard InChI is InChI=1S/C23H18ClFN4OS/c24-18-9-3-1-8-17(18)14-29-21-12-6-5-11-20(21)27-23(29)31-15-22(30)28-26-13-16-7-2-4-10-19(16)25/h1-13H,14-15H2,(H,28,30). The van der Waals surface area contributed by atoms with Crippen LogP contribution in [0.4, 0.5) is 4.39 Å². The Balaban J connectivity index is 1.47. The molecule has 1 amide bonds. The van der Waals surface area contributed by atoms with Crippen molar-refractivity contribution >= 4 is 46.5 Å². The van der Waals surface area contributed by atoms with Gasteiger partial charge in [-0.15, -0.1) is 0 Å². The lowest BCUT2D eigenvalue weighted by molar-refractivity contribution is -0.118. The number of hydrogen-bond acceptors (Lipinski definition) is 4. The molecule has 1 heterocycles. The predicted octanol–water partition coefficient (Wildman–Crippen LogP) is 5.12. The first-order chi connectivity index (χ1) is 15.1. The Morgan fingerprint density at radius 1 is 1.10 bits per heavy atom. The van der Waals surface area contributed by atoms with E-state index in [1.165, 1.54) is 24.0 Å². The third-order valence-electron chi connectivity index (χ3n) is 4.54. The lowest BCUT2D eigenvalue weighted by Crippen LogP contribution is -2.20. The maximum absolute atomic E-state index is 13.6. The van der Waals surface area contributed by atoms with Gasteiger partial charge in [-0.25, -0.2) is 14.8 Å². The van der Waals surface area contributed by atoms with Crippen LogP contribution in [-0.4, -0.2) is 27.4 Å². The van der Waals surface area contributed by atoms with E-state index < -0.39 is 5.82 Å². The van der Waals surface area contributed by atoms with Crippen LogP contribution in [0.2, 0.25) is 5.02 Å². The van der Waals surface area contributed by atoms with E-state index in [1.54, 1.807) is 18.2 Å². The van der Waals surface area contributed by atoms with E-state index in [0.29, 0.717) is 22.3 Å². The zero-order chi connectivity index (χ0) is 21.6. The fourth-order valence-corrected chi connectivity index (χ4v) is 4.03. The summed E-state index contributed by atoms with van der Waals surface area (Å²) < 4.78 is 15.6. The van der Waals surface area contributed by atoms with Crippen molar-refractivity contribution in [1.29, 1.82) is 0 Å². The van der Waals surface area contributed by atoms with Crippen molar-refractivity contribution in [1.82, 2.24) is 15.0 Å². The normalized spacial score (nSPS) is 11.3. The third-order valence-corrected chi connectivity index (χ3v) is 5.88. The van der Waals surface area contributed by atoms with Gasteiger partial charge in [0.2, 0.25) is 0 Å². The Labute approximate surface area is 187 Å². The quantitative estimate of drug-likeness (QED) is 0.240. The van der Waals surface area contributed by atoms with Crippen molar-refractivity contribution in [2.45, 2.75) is 11.7 Å². The fourth-order valence-electron chi connectivity index (χ4n) is 3.03. The molecule has 0 bridgehead atoms. The summed E-state index contributed by atoms with van der Waals surface area (Å²) in [5.41, 5.74) is 5.50. The second kappa shape index (κ2) is 9.76. The van der Waals surface area contributed by atoms with Crippen molar-refractivity contribution in [2.75, 3.05) is 5.75 Å². The number of hydrazone groups is 1. The molecule has 0 aliphatic heterocycles. The molecule has 0 saturated carbocycles. The molecule has 0 spiro atoms.